The summed E-state index contributed by atoms with van der Waals surface area (Å²) in [5.41, 5.74) is 1.54. The Morgan fingerprint density at radius 2 is 2.15 bits per heavy atom. The molecule has 1 aliphatic heterocycles. The lowest BCUT2D eigenvalue weighted by Crippen LogP contribution is -2.34. The van der Waals surface area contributed by atoms with E-state index in [2.05, 4.69) is 10.3 Å². The molecule has 0 bridgehead atoms. The third-order valence-electron chi connectivity index (χ3n) is 4.74. The maximum absolute atomic E-state index is 12.5. The summed E-state index contributed by atoms with van der Waals surface area (Å²) < 4.78 is 11.1. The Labute approximate surface area is 151 Å². The Bertz CT molecular complexity index is 907. The van der Waals surface area contributed by atoms with Crippen molar-refractivity contribution in [3.63, 3.8) is 0 Å². The van der Waals surface area contributed by atoms with Crippen LogP contribution in [0.15, 0.2) is 53.2 Å². The predicted molar refractivity (Wildman–Crippen MR) is 98.2 cm³/mol. The van der Waals surface area contributed by atoms with E-state index >= 15 is 0 Å². The molecule has 4 rings (SSSR count). The number of likely N-dealkylation sites (tertiary alicyclic amines) is 1. The van der Waals surface area contributed by atoms with Crippen LogP contribution in [0, 0.1) is 0 Å². The summed E-state index contributed by atoms with van der Waals surface area (Å²) >= 11 is 0. The highest BCUT2D eigenvalue weighted by Gasteiger charge is 2.26. The average molecular weight is 351 g/mol. The number of benzene rings is 1. The van der Waals surface area contributed by atoms with Crippen molar-refractivity contribution in [2.24, 2.45) is 0 Å². The zero-order valence-corrected chi connectivity index (χ0v) is 14.6. The van der Waals surface area contributed by atoms with Gasteiger partial charge in [0.15, 0.2) is 0 Å². The van der Waals surface area contributed by atoms with Crippen LogP contribution in [-0.2, 0) is 6.54 Å². The second kappa shape index (κ2) is 7.17. The summed E-state index contributed by atoms with van der Waals surface area (Å²) in [6.07, 6.45) is 4.23. The second-order valence-electron chi connectivity index (χ2n) is 6.47. The predicted octanol–water partition coefficient (Wildman–Crippen LogP) is 2.84. The number of hydrogen-bond acceptors (Lipinski definition) is 5. The molecule has 6 nitrogen and oxygen atoms in total. The van der Waals surface area contributed by atoms with Gasteiger partial charge < -0.3 is 19.4 Å². The molecule has 0 spiro atoms. The summed E-state index contributed by atoms with van der Waals surface area (Å²) in [6, 6.07) is 11.6. The number of pyridine rings is 1. The number of hydrogen-bond donors (Lipinski definition) is 1. The fraction of sp³-hybridized carbons (Fsp3) is 0.300. The molecule has 6 heteroatoms. The van der Waals surface area contributed by atoms with Gasteiger partial charge >= 0.3 is 0 Å². The lowest BCUT2D eigenvalue weighted by Gasteiger charge is -2.16. The summed E-state index contributed by atoms with van der Waals surface area (Å²) in [5.74, 6) is 1.76. The highest BCUT2D eigenvalue weighted by molar-refractivity contribution is 5.94. The fourth-order valence-electron chi connectivity index (χ4n) is 3.32. The standard InChI is InChI=1S/C20H21N3O3/c1-25-17-2-3-19-15(10-17)11-18(26-19)12-22-16-6-9-23(13-16)20(24)14-4-7-21-8-5-14/h2-5,7-8,10-11,16,22H,6,9,12-13H2,1H3. The molecule has 134 valence electrons. The SMILES string of the molecule is COc1ccc2oc(CNC3CCN(C(=O)c4ccncc4)C3)cc2c1. The average Bonchev–Trinajstić information content (AvgIpc) is 3.32. The number of rotatable bonds is 5. The smallest absolute Gasteiger partial charge is 0.254 e. The van der Waals surface area contributed by atoms with Crippen LogP contribution in [-0.4, -0.2) is 42.0 Å². The molecule has 1 saturated heterocycles. The van der Waals surface area contributed by atoms with Gasteiger partial charge in [0.2, 0.25) is 0 Å². The van der Waals surface area contributed by atoms with E-state index in [4.69, 9.17) is 9.15 Å². The number of nitrogens with zero attached hydrogens (tertiary/aromatic N) is 2. The van der Waals surface area contributed by atoms with Crippen LogP contribution >= 0.6 is 0 Å². The number of ether oxygens (including phenoxy) is 1. The summed E-state index contributed by atoms with van der Waals surface area (Å²) in [4.78, 5) is 18.3. The number of aromatic nitrogens is 1. The third-order valence-corrected chi connectivity index (χ3v) is 4.74. The van der Waals surface area contributed by atoms with E-state index in [9.17, 15) is 4.79 Å². The third kappa shape index (κ3) is 3.41. The second-order valence-corrected chi connectivity index (χ2v) is 6.47. The lowest BCUT2D eigenvalue weighted by molar-refractivity contribution is 0.0789. The van der Waals surface area contributed by atoms with Crippen molar-refractivity contribution < 1.29 is 13.9 Å². The number of nitrogens with one attached hydrogen (secondary N) is 1. The van der Waals surface area contributed by atoms with E-state index in [-0.39, 0.29) is 11.9 Å². The molecule has 26 heavy (non-hydrogen) atoms. The van der Waals surface area contributed by atoms with Crippen molar-refractivity contribution in [1.29, 1.82) is 0 Å². The first-order valence-corrected chi connectivity index (χ1v) is 8.72. The fourth-order valence-corrected chi connectivity index (χ4v) is 3.32. The summed E-state index contributed by atoms with van der Waals surface area (Å²) in [7, 11) is 1.66. The highest BCUT2D eigenvalue weighted by Crippen LogP contribution is 2.24. The molecule has 0 aliphatic carbocycles. The molecular weight excluding hydrogens is 330 g/mol. The van der Waals surface area contributed by atoms with Crippen LogP contribution in [0.4, 0.5) is 0 Å². The number of carbonyl (C=O) groups is 1. The monoisotopic (exact) mass is 351 g/mol. The van der Waals surface area contributed by atoms with E-state index in [1.54, 1.807) is 31.6 Å². The molecule has 1 aromatic carbocycles. The quantitative estimate of drug-likeness (QED) is 0.766. The Balaban J connectivity index is 1.35. The molecule has 1 unspecified atom stereocenters. The topological polar surface area (TPSA) is 67.6 Å². The van der Waals surface area contributed by atoms with E-state index in [1.807, 2.05) is 29.2 Å². The number of furan rings is 1. The Kier molecular flexibility index (Phi) is 4.58. The molecule has 1 aliphatic rings. The van der Waals surface area contributed by atoms with Crippen LogP contribution < -0.4 is 10.1 Å². The molecule has 2 aromatic heterocycles. The Hall–Kier alpha value is -2.86. The summed E-state index contributed by atoms with van der Waals surface area (Å²) in [6.45, 7) is 2.10. The van der Waals surface area contributed by atoms with Gasteiger partial charge in [-0.05, 0) is 42.8 Å². The lowest BCUT2D eigenvalue weighted by atomic mass is 10.2. The van der Waals surface area contributed by atoms with Gasteiger partial charge in [-0.3, -0.25) is 9.78 Å². The number of methoxy groups -OCH3 is 1. The Morgan fingerprint density at radius 1 is 1.31 bits per heavy atom. The van der Waals surface area contributed by atoms with Gasteiger partial charge in [-0.15, -0.1) is 0 Å². The first kappa shape index (κ1) is 16.6. The molecule has 1 amide bonds. The molecule has 1 N–H and O–H groups in total. The minimum Gasteiger partial charge on any atom is -0.497 e. The molecule has 3 heterocycles. The van der Waals surface area contributed by atoms with Gasteiger partial charge in [-0.2, -0.15) is 0 Å². The van der Waals surface area contributed by atoms with Gasteiger partial charge in [0.05, 0.1) is 13.7 Å². The van der Waals surface area contributed by atoms with Crippen LogP contribution in [0.25, 0.3) is 11.0 Å². The van der Waals surface area contributed by atoms with Crippen molar-refractivity contribution in [1.82, 2.24) is 15.2 Å². The first-order chi connectivity index (χ1) is 12.7. The van der Waals surface area contributed by atoms with Crippen molar-refractivity contribution in [3.8, 4) is 5.75 Å². The molecule has 0 radical (unpaired) electrons. The van der Waals surface area contributed by atoms with E-state index < -0.39 is 0 Å². The normalized spacial score (nSPS) is 17.0. The van der Waals surface area contributed by atoms with Crippen molar-refractivity contribution in [2.75, 3.05) is 20.2 Å². The van der Waals surface area contributed by atoms with Crippen LogP contribution in [0.5, 0.6) is 5.75 Å². The maximum atomic E-state index is 12.5. The highest BCUT2D eigenvalue weighted by atomic mass is 16.5. The largest absolute Gasteiger partial charge is 0.497 e. The van der Waals surface area contributed by atoms with Gasteiger partial charge in [-0.25, -0.2) is 0 Å². The molecule has 1 fully saturated rings. The minimum atomic E-state index is 0.0625. The molecule has 3 aromatic rings. The number of amides is 1. The van der Waals surface area contributed by atoms with Crippen molar-refractivity contribution >= 4 is 16.9 Å². The zero-order chi connectivity index (χ0) is 17.9. The van der Waals surface area contributed by atoms with E-state index in [1.165, 1.54) is 0 Å². The van der Waals surface area contributed by atoms with E-state index in [0.717, 1.165) is 35.4 Å². The van der Waals surface area contributed by atoms with Crippen LogP contribution in [0.2, 0.25) is 0 Å². The minimum absolute atomic E-state index is 0.0625. The molecule has 0 saturated carbocycles. The van der Waals surface area contributed by atoms with E-state index in [0.29, 0.717) is 18.7 Å². The zero-order valence-electron chi connectivity index (χ0n) is 14.6. The van der Waals surface area contributed by atoms with Crippen LogP contribution in [0.3, 0.4) is 0 Å². The van der Waals surface area contributed by atoms with Gasteiger partial charge in [0.1, 0.15) is 17.1 Å². The maximum Gasteiger partial charge on any atom is 0.254 e. The first-order valence-electron chi connectivity index (χ1n) is 8.72. The molecular formula is C20H21N3O3. The number of fused-ring (bicyclic) bond motifs is 1. The Morgan fingerprint density at radius 3 is 2.96 bits per heavy atom. The summed E-state index contributed by atoms with van der Waals surface area (Å²) in [5, 5.41) is 4.52. The van der Waals surface area contributed by atoms with Crippen molar-refractivity contribution in [3.05, 3.63) is 60.1 Å². The van der Waals surface area contributed by atoms with Gasteiger partial charge in [-0.1, -0.05) is 0 Å². The number of carbonyl (C=O) groups excluding carboxylic acids is 1. The van der Waals surface area contributed by atoms with Gasteiger partial charge in [0, 0.05) is 42.5 Å². The van der Waals surface area contributed by atoms with Gasteiger partial charge in [0.25, 0.3) is 5.91 Å². The van der Waals surface area contributed by atoms with Crippen molar-refractivity contribution in [2.45, 2.75) is 19.0 Å². The van der Waals surface area contributed by atoms with Crippen LogP contribution in [0.1, 0.15) is 22.5 Å². The molecule has 1 atom stereocenters.